The number of urea groups is 1. The number of hydrogen-bond donors (Lipinski definition) is 2. The van der Waals surface area contributed by atoms with Crippen molar-refractivity contribution in [1.82, 2.24) is 10.2 Å². The van der Waals surface area contributed by atoms with Gasteiger partial charge in [0.25, 0.3) is 0 Å². The highest BCUT2D eigenvalue weighted by molar-refractivity contribution is 5.74. The Morgan fingerprint density at radius 2 is 1.91 bits per heavy atom. The highest BCUT2D eigenvalue weighted by Gasteiger charge is 2.24. The number of nitrogens with zero attached hydrogens (tertiary/aromatic N) is 1. The van der Waals surface area contributed by atoms with Crippen LogP contribution in [0.4, 0.5) is 13.6 Å². The number of carboxylic acids is 1. The molecular weight excluding hydrogens is 458 g/mol. The van der Waals surface area contributed by atoms with E-state index in [0.717, 1.165) is 37.0 Å². The zero-order valence-corrected chi connectivity index (χ0v) is 19.8. The van der Waals surface area contributed by atoms with Crippen LogP contribution in [0.1, 0.15) is 37.3 Å². The first-order valence-corrected chi connectivity index (χ1v) is 11.9. The SMILES string of the molecule is CCOC(Cc1ccc(OCCN(CC2CCC2)C(=O)NCc2ccc(F)cc2F)cc1)C(=O)O. The van der Waals surface area contributed by atoms with Crippen LogP contribution < -0.4 is 10.1 Å². The normalized spacial score (nSPS) is 14.1. The molecule has 1 fully saturated rings. The average molecular weight is 491 g/mol. The lowest BCUT2D eigenvalue weighted by Gasteiger charge is -2.32. The molecule has 9 heteroatoms. The number of nitrogens with one attached hydrogen (secondary N) is 1. The zero-order chi connectivity index (χ0) is 25.2. The Labute approximate surface area is 204 Å². The first-order chi connectivity index (χ1) is 16.9. The van der Waals surface area contributed by atoms with E-state index < -0.39 is 23.7 Å². The van der Waals surface area contributed by atoms with E-state index in [1.54, 1.807) is 36.1 Å². The lowest BCUT2D eigenvalue weighted by molar-refractivity contribution is -0.149. The lowest BCUT2D eigenvalue weighted by atomic mass is 9.85. The van der Waals surface area contributed by atoms with Crippen LogP contribution in [0, 0.1) is 17.6 Å². The van der Waals surface area contributed by atoms with E-state index in [2.05, 4.69) is 5.32 Å². The number of ether oxygens (including phenoxy) is 2. The van der Waals surface area contributed by atoms with Crippen molar-refractivity contribution in [3.8, 4) is 5.75 Å². The van der Waals surface area contributed by atoms with E-state index in [0.29, 0.717) is 31.4 Å². The Hall–Kier alpha value is -3.20. The second kappa shape index (κ2) is 13.0. The molecule has 2 amide bonds. The summed E-state index contributed by atoms with van der Waals surface area (Å²) in [6.45, 7) is 3.24. The minimum Gasteiger partial charge on any atom is -0.492 e. The Morgan fingerprint density at radius 3 is 2.51 bits per heavy atom. The third kappa shape index (κ3) is 8.20. The van der Waals surface area contributed by atoms with Crippen LogP contribution in [0.15, 0.2) is 42.5 Å². The van der Waals surface area contributed by atoms with Gasteiger partial charge in [-0.05, 0) is 49.4 Å². The van der Waals surface area contributed by atoms with Gasteiger partial charge in [0.1, 0.15) is 24.0 Å². The van der Waals surface area contributed by atoms with E-state index in [1.165, 1.54) is 6.07 Å². The Kier molecular flexibility index (Phi) is 9.84. The Balaban J connectivity index is 1.51. The molecule has 1 atom stereocenters. The van der Waals surface area contributed by atoms with Crippen molar-refractivity contribution >= 4 is 12.0 Å². The smallest absolute Gasteiger partial charge is 0.333 e. The summed E-state index contributed by atoms with van der Waals surface area (Å²) in [5.74, 6) is -1.31. The zero-order valence-electron chi connectivity index (χ0n) is 19.8. The first kappa shape index (κ1) is 26.4. The molecule has 1 aliphatic carbocycles. The van der Waals surface area contributed by atoms with Gasteiger partial charge in [-0.15, -0.1) is 0 Å². The third-order valence-corrected chi connectivity index (χ3v) is 6.05. The van der Waals surface area contributed by atoms with Crippen molar-refractivity contribution in [2.75, 3.05) is 26.3 Å². The number of amides is 2. The van der Waals surface area contributed by atoms with Gasteiger partial charge < -0.3 is 24.8 Å². The summed E-state index contributed by atoms with van der Waals surface area (Å²) in [5, 5.41) is 11.9. The van der Waals surface area contributed by atoms with Crippen LogP contribution in [0.2, 0.25) is 0 Å². The summed E-state index contributed by atoms with van der Waals surface area (Å²) >= 11 is 0. The predicted molar refractivity (Wildman–Crippen MR) is 126 cm³/mol. The Morgan fingerprint density at radius 1 is 1.17 bits per heavy atom. The summed E-state index contributed by atoms with van der Waals surface area (Å²) in [6.07, 6.45) is 2.65. The van der Waals surface area contributed by atoms with Crippen LogP contribution in [-0.2, 0) is 22.5 Å². The average Bonchev–Trinajstić information content (AvgIpc) is 2.80. The predicted octanol–water partition coefficient (Wildman–Crippen LogP) is 4.39. The number of hydrogen-bond acceptors (Lipinski definition) is 4. The van der Waals surface area contributed by atoms with Crippen LogP contribution in [-0.4, -0.2) is 54.4 Å². The van der Waals surface area contributed by atoms with E-state index in [4.69, 9.17) is 9.47 Å². The molecule has 1 aliphatic rings. The molecule has 2 aromatic rings. The molecule has 0 radical (unpaired) electrons. The van der Waals surface area contributed by atoms with Crippen LogP contribution in [0.25, 0.3) is 0 Å². The van der Waals surface area contributed by atoms with Gasteiger partial charge >= 0.3 is 12.0 Å². The first-order valence-electron chi connectivity index (χ1n) is 11.9. The largest absolute Gasteiger partial charge is 0.492 e. The molecule has 0 aliphatic heterocycles. The van der Waals surface area contributed by atoms with Gasteiger partial charge in [0, 0.05) is 37.7 Å². The van der Waals surface area contributed by atoms with Crippen molar-refractivity contribution in [2.45, 2.75) is 45.3 Å². The molecule has 2 aromatic carbocycles. The van der Waals surface area contributed by atoms with E-state index in [1.807, 2.05) is 0 Å². The second-order valence-electron chi connectivity index (χ2n) is 8.62. The summed E-state index contributed by atoms with van der Waals surface area (Å²) in [4.78, 5) is 25.7. The van der Waals surface area contributed by atoms with Gasteiger partial charge in [0.05, 0.1) is 6.54 Å². The van der Waals surface area contributed by atoms with Crippen LogP contribution in [0.5, 0.6) is 5.75 Å². The van der Waals surface area contributed by atoms with Gasteiger partial charge in [-0.3, -0.25) is 0 Å². The quantitative estimate of drug-likeness (QED) is 0.435. The van der Waals surface area contributed by atoms with Gasteiger partial charge in [-0.1, -0.05) is 24.6 Å². The fourth-order valence-corrected chi connectivity index (χ4v) is 3.84. The van der Waals surface area contributed by atoms with Gasteiger partial charge in [0.15, 0.2) is 6.10 Å². The third-order valence-electron chi connectivity index (χ3n) is 6.05. The maximum atomic E-state index is 13.9. The van der Waals surface area contributed by atoms with E-state index in [9.17, 15) is 23.5 Å². The lowest BCUT2D eigenvalue weighted by Crippen LogP contribution is -2.45. The van der Waals surface area contributed by atoms with Crippen molar-refractivity contribution in [1.29, 1.82) is 0 Å². The monoisotopic (exact) mass is 490 g/mol. The van der Waals surface area contributed by atoms with E-state index >= 15 is 0 Å². The molecule has 1 unspecified atom stereocenters. The topological polar surface area (TPSA) is 88.1 Å². The maximum Gasteiger partial charge on any atom is 0.333 e. The molecule has 7 nitrogen and oxygen atoms in total. The van der Waals surface area contributed by atoms with Crippen molar-refractivity contribution in [2.24, 2.45) is 5.92 Å². The maximum absolute atomic E-state index is 13.9. The van der Waals surface area contributed by atoms with Gasteiger partial charge in [0.2, 0.25) is 0 Å². The molecule has 2 N–H and O–H groups in total. The highest BCUT2D eigenvalue weighted by atomic mass is 19.1. The number of carbonyl (C=O) groups is 2. The summed E-state index contributed by atoms with van der Waals surface area (Å²) in [6, 6.07) is 10.1. The Bertz CT molecular complexity index is 982. The van der Waals surface area contributed by atoms with Crippen LogP contribution in [0.3, 0.4) is 0 Å². The van der Waals surface area contributed by atoms with Gasteiger partial charge in [-0.25, -0.2) is 18.4 Å². The van der Waals surface area contributed by atoms with Gasteiger partial charge in [-0.2, -0.15) is 0 Å². The summed E-state index contributed by atoms with van der Waals surface area (Å²) < 4.78 is 38.0. The molecule has 35 heavy (non-hydrogen) atoms. The minimum absolute atomic E-state index is 0.0342. The standard InChI is InChI=1S/C26H32F2N2O5/c1-2-34-24(25(31)32)14-18-6-10-22(11-7-18)35-13-12-30(17-19-4-3-5-19)26(33)29-16-20-8-9-21(27)15-23(20)28/h6-11,15,19,24H,2-5,12-14,16-17H2,1H3,(H,29,33)(H,31,32). The van der Waals surface area contributed by atoms with E-state index in [-0.39, 0.29) is 31.2 Å². The number of aliphatic carboxylic acids is 1. The molecule has 0 aromatic heterocycles. The highest BCUT2D eigenvalue weighted by Crippen LogP contribution is 2.27. The number of rotatable bonds is 13. The van der Waals surface area contributed by atoms with Crippen molar-refractivity contribution < 1.29 is 33.0 Å². The summed E-state index contributed by atoms with van der Waals surface area (Å²) in [7, 11) is 0. The number of benzene rings is 2. The molecular formula is C26H32F2N2O5. The fourth-order valence-electron chi connectivity index (χ4n) is 3.84. The number of carbonyl (C=O) groups excluding carboxylic acids is 1. The molecule has 190 valence electrons. The number of halogens is 2. The van der Waals surface area contributed by atoms with Crippen LogP contribution >= 0.6 is 0 Å². The molecule has 0 heterocycles. The second-order valence-corrected chi connectivity index (χ2v) is 8.62. The molecule has 1 saturated carbocycles. The van der Waals surface area contributed by atoms with Crippen molar-refractivity contribution in [3.05, 3.63) is 65.2 Å². The minimum atomic E-state index is -1.00. The summed E-state index contributed by atoms with van der Waals surface area (Å²) in [5.41, 5.74) is 1.03. The molecule has 0 spiro atoms. The van der Waals surface area contributed by atoms with Crippen molar-refractivity contribution in [3.63, 3.8) is 0 Å². The molecule has 0 bridgehead atoms. The molecule has 0 saturated heterocycles. The molecule has 3 rings (SSSR count). The fraction of sp³-hybridized carbons (Fsp3) is 0.462. The number of carboxylic acid groups (broad SMARTS) is 1.